The summed E-state index contributed by atoms with van der Waals surface area (Å²) in [6.07, 6.45) is 0. The van der Waals surface area contributed by atoms with E-state index in [-0.39, 0.29) is 11.9 Å². The summed E-state index contributed by atoms with van der Waals surface area (Å²) in [5.41, 5.74) is 1.03. The molecule has 1 aliphatic heterocycles. The van der Waals surface area contributed by atoms with Gasteiger partial charge in [0.2, 0.25) is 0 Å². The highest BCUT2D eigenvalue weighted by molar-refractivity contribution is 5.72. The maximum atomic E-state index is 12.0. The van der Waals surface area contributed by atoms with Crippen LogP contribution in [0.3, 0.4) is 0 Å². The molecule has 110 valence electrons. The molecule has 0 aromatic heterocycles. The number of hydrogen-bond donors (Lipinski definition) is 1. The Kier molecular flexibility index (Phi) is 5.56. The average Bonchev–Trinajstić information content (AvgIpc) is 2.48. The number of rotatable bonds is 5. The highest BCUT2D eigenvalue weighted by Crippen LogP contribution is 2.10. The molecule has 4 heteroatoms. The first kappa shape index (κ1) is 15.0. The van der Waals surface area contributed by atoms with Crippen LogP contribution in [0, 0.1) is 5.92 Å². The van der Waals surface area contributed by atoms with E-state index < -0.39 is 0 Å². The van der Waals surface area contributed by atoms with Crippen molar-refractivity contribution in [2.24, 2.45) is 5.92 Å². The van der Waals surface area contributed by atoms with Gasteiger partial charge >= 0.3 is 5.97 Å². The fourth-order valence-corrected chi connectivity index (χ4v) is 2.45. The molecule has 1 saturated heterocycles. The molecule has 1 N–H and O–H groups in total. The minimum absolute atomic E-state index is 0.0840. The molecule has 0 radical (unpaired) electrons. The van der Waals surface area contributed by atoms with E-state index in [4.69, 9.17) is 4.74 Å². The van der Waals surface area contributed by atoms with Crippen LogP contribution in [0.1, 0.15) is 19.4 Å². The number of nitrogens with zero attached hydrogens (tertiary/aromatic N) is 1. The first-order valence-electron chi connectivity index (χ1n) is 7.32. The maximum absolute atomic E-state index is 12.0. The predicted octanol–water partition coefficient (Wildman–Crippen LogP) is 1.66. The van der Waals surface area contributed by atoms with Gasteiger partial charge in [-0.2, -0.15) is 0 Å². The van der Waals surface area contributed by atoms with Gasteiger partial charge in [0.25, 0.3) is 0 Å². The molecule has 1 aromatic rings. The summed E-state index contributed by atoms with van der Waals surface area (Å²) in [4.78, 5) is 14.4. The van der Waals surface area contributed by atoms with Crippen molar-refractivity contribution in [3.05, 3.63) is 35.9 Å². The van der Waals surface area contributed by atoms with Crippen molar-refractivity contribution < 1.29 is 9.53 Å². The molecule has 1 fully saturated rings. The summed E-state index contributed by atoms with van der Waals surface area (Å²) in [6, 6.07) is 10.3. The lowest BCUT2D eigenvalue weighted by Gasteiger charge is -2.35. The zero-order chi connectivity index (χ0) is 14.4. The second-order valence-electron chi connectivity index (χ2n) is 5.54. The van der Waals surface area contributed by atoms with E-state index in [1.54, 1.807) is 0 Å². The molecule has 2 rings (SSSR count). The average molecular weight is 276 g/mol. The standard InChI is InChI=1S/C16H24N2O2/c1-13(11-18-9-8-17-10-14(18)2)16(19)20-12-15-6-4-3-5-7-15/h3-7,13-14,17H,8-12H2,1-2H3/t13?,14-/m0/s1. The van der Waals surface area contributed by atoms with Crippen LogP contribution >= 0.6 is 0 Å². The van der Waals surface area contributed by atoms with E-state index in [0.29, 0.717) is 12.6 Å². The maximum Gasteiger partial charge on any atom is 0.310 e. The van der Waals surface area contributed by atoms with Gasteiger partial charge in [-0.05, 0) is 12.5 Å². The van der Waals surface area contributed by atoms with Crippen molar-refractivity contribution in [1.29, 1.82) is 0 Å². The zero-order valence-electron chi connectivity index (χ0n) is 12.3. The third-order valence-corrected chi connectivity index (χ3v) is 3.77. The van der Waals surface area contributed by atoms with Crippen LogP contribution < -0.4 is 5.32 Å². The highest BCUT2D eigenvalue weighted by atomic mass is 16.5. The van der Waals surface area contributed by atoms with Gasteiger partial charge in [0.05, 0.1) is 5.92 Å². The summed E-state index contributed by atoms with van der Waals surface area (Å²) in [6.45, 7) is 8.26. The predicted molar refractivity (Wildman–Crippen MR) is 79.3 cm³/mol. The van der Waals surface area contributed by atoms with Gasteiger partial charge in [-0.25, -0.2) is 0 Å². The minimum atomic E-state index is -0.111. The third-order valence-electron chi connectivity index (χ3n) is 3.77. The number of benzene rings is 1. The van der Waals surface area contributed by atoms with Crippen molar-refractivity contribution in [3.8, 4) is 0 Å². The van der Waals surface area contributed by atoms with Gasteiger partial charge in [-0.15, -0.1) is 0 Å². The molecular formula is C16H24N2O2. The van der Waals surface area contributed by atoms with Gasteiger partial charge in [0.1, 0.15) is 6.61 Å². The number of hydrogen-bond acceptors (Lipinski definition) is 4. The van der Waals surface area contributed by atoms with Crippen molar-refractivity contribution >= 4 is 5.97 Å². The molecule has 1 aromatic carbocycles. The van der Waals surface area contributed by atoms with Gasteiger partial charge in [-0.1, -0.05) is 37.3 Å². The van der Waals surface area contributed by atoms with E-state index in [0.717, 1.165) is 31.7 Å². The summed E-state index contributed by atoms with van der Waals surface area (Å²) in [5.74, 6) is -0.196. The van der Waals surface area contributed by atoms with Crippen LogP contribution in [-0.2, 0) is 16.1 Å². The van der Waals surface area contributed by atoms with Gasteiger partial charge < -0.3 is 10.1 Å². The number of carbonyl (C=O) groups excluding carboxylic acids is 1. The normalized spacial score (nSPS) is 21.4. The largest absolute Gasteiger partial charge is 0.461 e. The lowest BCUT2D eigenvalue weighted by Crippen LogP contribution is -2.51. The number of nitrogens with one attached hydrogen (secondary N) is 1. The fourth-order valence-electron chi connectivity index (χ4n) is 2.45. The minimum Gasteiger partial charge on any atom is -0.461 e. The number of esters is 1. The Balaban J connectivity index is 1.77. The lowest BCUT2D eigenvalue weighted by atomic mass is 10.1. The molecular weight excluding hydrogens is 252 g/mol. The molecule has 1 unspecified atom stereocenters. The van der Waals surface area contributed by atoms with E-state index in [9.17, 15) is 4.79 Å². The summed E-state index contributed by atoms with van der Waals surface area (Å²) >= 11 is 0. The molecule has 0 saturated carbocycles. The Hall–Kier alpha value is -1.39. The SMILES string of the molecule is CC(CN1CCNC[C@@H]1C)C(=O)OCc1ccccc1. The molecule has 0 aliphatic carbocycles. The topological polar surface area (TPSA) is 41.6 Å². The Morgan fingerprint density at radius 2 is 2.20 bits per heavy atom. The number of piperazine rings is 1. The van der Waals surface area contributed by atoms with Crippen LogP contribution in [0.25, 0.3) is 0 Å². The monoisotopic (exact) mass is 276 g/mol. The second-order valence-corrected chi connectivity index (χ2v) is 5.54. The van der Waals surface area contributed by atoms with E-state index in [2.05, 4.69) is 17.1 Å². The summed E-state index contributed by atoms with van der Waals surface area (Å²) in [7, 11) is 0. The first-order chi connectivity index (χ1) is 9.66. The molecule has 0 bridgehead atoms. The molecule has 0 spiro atoms. The van der Waals surface area contributed by atoms with Crippen molar-refractivity contribution in [2.45, 2.75) is 26.5 Å². The molecule has 20 heavy (non-hydrogen) atoms. The summed E-state index contributed by atoms with van der Waals surface area (Å²) in [5, 5.41) is 3.36. The third kappa shape index (κ3) is 4.32. The Morgan fingerprint density at radius 1 is 1.45 bits per heavy atom. The number of carbonyl (C=O) groups is 1. The Bertz CT molecular complexity index is 422. The van der Waals surface area contributed by atoms with Crippen molar-refractivity contribution in [3.63, 3.8) is 0 Å². The number of ether oxygens (including phenoxy) is 1. The van der Waals surface area contributed by atoms with Crippen LogP contribution in [-0.4, -0.2) is 43.1 Å². The lowest BCUT2D eigenvalue weighted by molar-refractivity contribution is -0.150. The van der Waals surface area contributed by atoms with Crippen molar-refractivity contribution in [1.82, 2.24) is 10.2 Å². The van der Waals surface area contributed by atoms with Gasteiger partial charge in [0, 0.05) is 32.2 Å². The van der Waals surface area contributed by atoms with Crippen LogP contribution in [0.4, 0.5) is 0 Å². The van der Waals surface area contributed by atoms with Crippen LogP contribution in [0.2, 0.25) is 0 Å². The first-order valence-corrected chi connectivity index (χ1v) is 7.32. The van der Waals surface area contributed by atoms with E-state index in [1.165, 1.54) is 0 Å². The molecule has 1 aliphatic rings. The summed E-state index contributed by atoms with van der Waals surface area (Å²) < 4.78 is 5.39. The van der Waals surface area contributed by atoms with Gasteiger partial charge in [-0.3, -0.25) is 9.69 Å². The second kappa shape index (κ2) is 7.41. The zero-order valence-corrected chi connectivity index (χ0v) is 12.3. The molecule has 1 heterocycles. The highest BCUT2D eigenvalue weighted by Gasteiger charge is 2.23. The van der Waals surface area contributed by atoms with E-state index >= 15 is 0 Å². The van der Waals surface area contributed by atoms with Crippen LogP contribution in [0.5, 0.6) is 0 Å². The quantitative estimate of drug-likeness (QED) is 0.831. The Labute approximate surface area is 121 Å². The van der Waals surface area contributed by atoms with Crippen molar-refractivity contribution in [2.75, 3.05) is 26.2 Å². The Morgan fingerprint density at radius 3 is 2.90 bits per heavy atom. The smallest absolute Gasteiger partial charge is 0.310 e. The fraction of sp³-hybridized carbons (Fsp3) is 0.562. The van der Waals surface area contributed by atoms with E-state index in [1.807, 2.05) is 37.3 Å². The van der Waals surface area contributed by atoms with Gasteiger partial charge in [0.15, 0.2) is 0 Å². The van der Waals surface area contributed by atoms with Crippen LogP contribution in [0.15, 0.2) is 30.3 Å². The molecule has 2 atom stereocenters. The molecule has 4 nitrogen and oxygen atoms in total. The molecule has 0 amide bonds.